The van der Waals surface area contributed by atoms with Crippen LogP contribution in [0.1, 0.15) is 75.1 Å². The van der Waals surface area contributed by atoms with Gasteiger partial charge in [0.05, 0.1) is 12.5 Å². The van der Waals surface area contributed by atoms with Gasteiger partial charge in [-0.25, -0.2) is 0 Å². The van der Waals surface area contributed by atoms with Gasteiger partial charge in [0, 0.05) is 35.3 Å². The van der Waals surface area contributed by atoms with E-state index >= 15 is 0 Å². The fourth-order valence-electron chi connectivity index (χ4n) is 5.24. The standard InChI is InChI=1S/C28H36N2O4S/c1-16(2)24-21(12-11-20-13-19(31)14-23(32)33-20)26-22(15-28(4,5)34-26)17(3)25(24)30-27(35)29-18-9-7-6-8-10-18/h6-10,16,19-20,31H,11-15H2,1-5H3,(H2,29,30,35)/t19-,20-/m1/s1. The molecule has 0 saturated carbocycles. The van der Waals surface area contributed by atoms with Crippen molar-refractivity contribution < 1.29 is 19.4 Å². The van der Waals surface area contributed by atoms with E-state index in [9.17, 15) is 9.90 Å². The van der Waals surface area contributed by atoms with Crippen molar-refractivity contribution in [3.8, 4) is 5.75 Å². The van der Waals surface area contributed by atoms with Gasteiger partial charge in [0.2, 0.25) is 0 Å². The summed E-state index contributed by atoms with van der Waals surface area (Å²) in [6, 6.07) is 9.87. The number of rotatable bonds is 6. The molecule has 0 aliphatic carbocycles. The summed E-state index contributed by atoms with van der Waals surface area (Å²) in [5, 5.41) is 17.4. The fraction of sp³-hybridized carbons (Fsp3) is 0.500. The van der Waals surface area contributed by atoms with E-state index < -0.39 is 6.10 Å². The van der Waals surface area contributed by atoms with E-state index in [1.165, 1.54) is 11.1 Å². The number of fused-ring (bicyclic) bond motifs is 1. The van der Waals surface area contributed by atoms with Gasteiger partial charge >= 0.3 is 5.97 Å². The molecule has 1 saturated heterocycles. The van der Waals surface area contributed by atoms with Gasteiger partial charge in [0.1, 0.15) is 17.5 Å². The third-order valence-corrected chi connectivity index (χ3v) is 6.95. The summed E-state index contributed by atoms with van der Waals surface area (Å²) >= 11 is 5.69. The molecule has 0 radical (unpaired) electrons. The lowest BCUT2D eigenvalue weighted by atomic mass is 9.85. The van der Waals surface area contributed by atoms with Gasteiger partial charge in [-0.05, 0) is 75.0 Å². The molecule has 6 nitrogen and oxygen atoms in total. The Labute approximate surface area is 213 Å². The maximum Gasteiger partial charge on any atom is 0.308 e. The molecule has 2 aliphatic rings. The Balaban J connectivity index is 1.69. The minimum Gasteiger partial charge on any atom is -0.487 e. The van der Waals surface area contributed by atoms with E-state index in [0.717, 1.165) is 34.7 Å². The third-order valence-electron chi connectivity index (χ3n) is 6.75. The molecular formula is C28H36N2O4S. The van der Waals surface area contributed by atoms with Crippen molar-refractivity contribution in [3.05, 3.63) is 52.6 Å². The zero-order chi connectivity index (χ0) is 25.3. The zero-order valence-corrected chi connectivity index (χ0v) is 22.1. The van der Waals surface area contributed by atoms with Crippen LogP contribution in [0, 0.1) is 6.92 Å². The van der Waals surface area contributed by atoms with Crippen LogP contribution in [-0.2, 0) is 22.4 Å². The molecule has 1 fully saturated rings. The second kappa shape index (κ2) is 10.2. The minimum atomic E-state index is -0.636. The monoisotopic (exact) mass is 496 g/mol. The van der Waals surface area contributed by atoms with Crippen molar-refractivity contribution in [1.82, 2.24) is 0 Å². The van der Waals surface area contributed by atoms with Crippen molar-refractivity contribution in [2.75, 3.05) is 10.6 Å². The maximum absolute atomic E-state index is 11.9. The maximum atomic E-state index is 11.9. The molecule has 7 heteroatoms. The van der Waals surface area contributed by atoms with Crippen molar-refractivity contribution >= 4 is 34.7 Å². The zero-order valence-electron chi connectivity index (χ0n) is 21.2. The predicted octanol–water partition coefficient (Wildman–Crippen LogP) is 5.64. The average molecular weight is 497 g/mol. The van der Waals surface area contributed by atoms with E-state index in [1.807, 2.05) is 30.3 Å². The number of nitrogens with one attached hydrogen (secondary N) is 2. The largest absolute Gasteiger partial charge is 0.487 e. The number of carbonyl (C=O) groups excluding carboxylic acids is 1. The van der Waals surface area contributed by atoms with E-state index in [2.05, 4.69) is 45.3 Å². The van der Waals surface area contributed by atoms with Crippen LogP contribution in [0.2, 0.25) is 0 Å². The van der Waals surface area contributed by atoms with Crippen molar-refractivity contribution in [1.29, 1.82) is 0 Å². The summed E-state index contributed by atoms with van der Waals surface area (Å²) in [6.45, 7) is 10.7. The molecular weight excluding hydrogens is 460 g/mol. The lowest BCUT2D eigenvalue weighted by Crippen LogP contribution is -2.33. The molecule has 0 amide bonds. The van der Waals surface area contributed by atoms with Gasteiger partial charge in [-0.2, -0.15) is 0 Å². The van der Waals surface area contributed by atoms with Gasteiger partial charge < -0.3 is 25.2 Å². The smallest absolute Gasteiger partial charge is 0.308 e. The number of cyclic esters (lactones) is 1. The van der Waals surface area contributed by atoms with E-state index in [4.69, 9.17) is 21.7 Å². The van der Waals surface area contributed by atoms with E-state index in [1.54, 1.807) is 0 Å². The number of hydrogen-bond donors (Lipinski definition) is 3. The fourth-order valence-corrected chi connectivity index (χ4v) is 5.46. The number of para-hydroxylation sites is 1. The van der Waals surface area contributed by atoms with Crippen molar-refractivity contribution in [2.45, 2.75) is 90.4 Å². The van der Waals surface area contributed by atoms with Crippen LogP contribution in [0.3, 0.4) is 0 Å². The first-order valence-electron chi connectivity index (χ1n) is 12.4. The summed E-state index contributed by atoms with van der Waals surface area (Å²) in [4.78, 5) is 11.9. The summed E-state index contributed by atoms with van der Waals surface area (Å²) in [5.74, 6) is 0.832. The van der Waals surface area contributed by atoms with E-state index in [-0.39, 0.29) is 30.0 Å². The van der Waals surface area contributed by atoms with Gasteiger partial charge in [-0.3, -0.25) is 4.79 Å². The van der Waals surface area contributed by atoms with Crippen molar-refractivity contribution in [3.63, 3.8) is 0 Å². The lowest BCUT2D eigenvalue weighted by molar-refractivity contribution is -0.160. The first kappa shape index (κ1) is 25.5. The molecule has 2 aliphatic heterocycles. The second-order valence-electron chi connectivity index (χ2n) is 10.6. The molecule has 188 valence electrons. The lowest BCUT2D eigenvalue weighted by Gasteiger charge is -2.28. The first-order valence-corrected chi connectivity index (χ1v) is 12.8. The Morgan fingerprint density at radius 2 is 1.94 bits per heavy atom. The van der Waals surface area contributed by atoms with Crippen LogP contribution in [0.4, 0.5) is 11.4 Å². The van der Waals surface area contributed by atoms with Crippen LogP contribution < -0.4 is 15.4 Å². The Hall–Kier alpha value is -2.64. The van der Waals surface area contributed by atoms with Crippen LogP contribution in [0.15, 0.2) is 30.3 Å². The summed E-state index contributed by atoms with van der Waals surface area (Å²) in [7, 11) is 0. The Kier molecular flexibility index (Phi) is 7.38. The van der Waals surface area contributed by atoms with Crippen molar-refractivity contribution in [2.24, 2.45) is 0 Å². The number of anilines is 2. The summed E-state index contributed by atoms with van der Waals surface area (Å²) in [6.07, 6.45) is 1.74. The highest BCUT2D eigenvalue weighted by Crippen LogP contribution is 2.47. The highest BCUT2D eigenvalue weighted by atomic mass is 32.1. The van der Waals surface area contributed by atoms with Gasteiger partial charge in [-0.1, -0.05) is 32.0 Å². The molecule has 0 aromatic heterocycles. The predicted molar refractivity (Wildman–Crippen MR) is 143 cm³/mol. The number of aliphatic hydroxyl groups excluding tert-OH is 1. The van der Waals surface area contributed by atoms with Gasteiger partial charge in [0.15, 0.2) is 5.11 Å². The second-order valence-corrected chi connectivity index (χ2v) is 11.0. The SMILES string of the molecule is Cc1c2c(c(CC[C@@H]3C[C@@H](O)CC(=O)O3)c(C(C)C)c1NC(=S)Nc1ccccc1)OC(C)(C)C2. The quantitative estimate of drug-likeness (QED) is 0.353. The molecule has 35 heavy (non-hydrogen) atoms. The van der Waals surface area contributed by atoms with Gasteiger partial charge in [0.25, 0.3) is 0 Å². The molecule has 3 N–H and O–H groups in total. The highest BCUT2D eigenvalue weighted by molar-refractivity contribution is 7.80. The highest BCUT2D eigenvalue weighted by Gasteiger charge is 2.37. The first-order chi connectivity index (χ1) is 16.5. The number of benzene rings is 2. The topological polar surface area (TPSA) is 79.8 Å². The molecule has 0 bridgehead atoms. The van der Waals surface area contributed by atoms with E-state index in [0.29, 0.717) is 24.4 Å². The Bertz CT molecular complexity index is 1110. The molecule has 4 rings (SSSR count). The molecule has 0 spiro atoms. The Morgan fingerprint density at radius 1 is 1.23 bits per heavy atom. The molecule has 2 atom stereocenters. The summed E-state index contributed by atoms with van der Waals surface area (Å²) in [5.41, 5.74) is 6.28. The Morgan fingerprint density at radius 3 is 2.60 bits per heavy atom. The summed E-state index contributed by atoms with van der Waals surface area (Å²) < 4.78 is 12.0. The normalized spacial score (nSPS) is 20.7. The van der Waals surface area contributed by atoms with Crippen LogP contribution in [-0.4, -0.2) is 34.0 Å². The number of aliphatic hydroxyl groups is 1. The minimum absolute atomic E-state index is 0.0743. The third kappa shape index (κ3) is 5.78. The molecule has 2 aromatic rings. The molecule has 2 aromatic carbocycles. The number of hydrogen-bond acceptors (Lipinski definition) is 5. The number of ether oxygens (including phenoxy) is 2. The average Bonchev–Trinajstić information content (AvgIpc) is 3.10. The number of carbonyl (C=O) groups is 1. The van der Waals surface area contributed by atoms with Crippen LogP contribution >= 0.6 is 12.2 Å². The number of thiocarbonyl (C=S) groups is 1. The number of esters is 1. The molecule has 0 unspecified atom stereocenters. The molecule has 2 heterocycles. The van der Waals surface area contributed by atoms with Crippen LogP contribution in [0.25, 0.3) is 0 Å². The van der Waals surface area contributed by atoms with Crippen LogP contribution in [0.5, 0.6) is 5.75 Å². The van der Waals surface area contributed by atoms with Gasteiger partial charge in [-0.15, -0.1) is 0 Å².